The van der Waals surface area contributed by atoms with E-state index in [2.05, 4.69) is 0 Å². The van der Waals surface area contributed by atoms with Crippen molar-refractivity contribution in [2.75, 3.05) is 6.54 Å². The lowest BCUT2D eigenvalue weighted by Crippen LogP contribution is -2.27. The summed E-state index contributed by atoms with van der Waals surface area (Å²) in [4.78, 5) is 0. The smallest absolute Gasteiger partial charge is 0.129 e. The summed E-state index contributed by atoms with van der Waals surface area (Å²) in [5, 5.41) is 10.1. The van der Waals surface area contributed by atoms with Gasteiger partial charge in [0.2, 0.25) is 0 Å². The number of aryl methyl sites for hydroxylation is 1. The fourth-order valence-electron chi connectivity index (χ4n) is 1.89. The summed E-state index contributed by atoms with van der Waals surface area (Å²) in [5.74, 6) is -0.256. The van der Waals surface area contributed by atoms with Gasteiger partial charge in [0.05, 0.1) is 6.10 Å². The minimum atomic E-state index is -0.829. The molecule has 0 aliphatic heterocycles. The molecule has 0 heterocycles. The second-order valence-corrected chi connectivity index (χ2v) is 4.61. The first-order chi connectivity index (χ1) is 7.47. The van der Waals surface area contributed by atoms with E-state index in [1.807, 2.05) is 20.8 Å². The van der Waals surface area contributed by atoms with Crippen LogP contribution < -0.4 is 5.73 Å². The van der Waals surface area contributed by atoms with Gasteiger partial charge in [-0.15, -0.1) is 0 Å². The van der Waals surface area contributed by atoms with Gasteiger partial charge >= 0.3 is 0 Å². The maximum Gasteiger partial charge on any atom is 0.129 e. The molecule has 1 aromatic carbocycles. The second-order valence-electron chi connectivity index (χ2n) is 4.61. The fourth-order valence-corrected chi connectivity index (χ4v) is 1.89. The van der Waals surface area contributed by atoms with E-state index >= 15 is 0 Å². The van der Waals surface area contributed by atoms with Gasteiger partial charge in [-0.05, 0) is 25.5 Å². The third kappa shape index (κ3) is 2.80. The van der Waals surface area contributed by atoms with Gasteiger partial charge in [-0.1, -0.05) is 31.5 Å². The Morgan fingerprint density at radius 1 is 1.38 bits per heavy atom. The Morgan fingerprint density at radius 2 is 2.00 bits per heavy atom. The van der Waals surface area contributed by atoms with E-state index in [0.717, 1.165) is 5.56 Å². The van der Waals surface area contributed by atoms with Gasteiger partial charge in [0, 0.05) is 11.5 Å². The minimum absolute atomic E-state index is 0.115. The van der Waals surface area contributed by atoms with Crippen LogP contribution >= 0.6 is 0 Å². The second kappa shape index (κ2) is 5.41. The molecule has 3 heteroatoms. The fraction of sp³-hybridized carbons (Fsp3) is 0.538. The molecule has 0 saturated heterocycles. The molecule has 2 atom stereocenters. The van der Waals surface area contributed by atoms with E-state index in [0.29, 0.717) is 12.1 Å². The van der Waals surface area contributed by atoms with Crippen molar-refractivity contribution in [2.45, 2.75) is 26.9 Å². The predicted molar refractivity (Wildman–Crippen MR) is 63.5 cm³/mol. The third-order valence-corrected chi connectivity index (χ3v) is 3.00. The molecule has 3 N–H and O–H groups in total. The monoisotopic (exact) mass is 225 g/mol. The molecule has 0 fully saturated rings. The molecule has 0 amide bonds. The number of halogens is 1. The lowest BCUT2D eigenvalue weighted by molar-refractivity contribution is 0.0828. The number of nitrogens with two attached hydrogens (primary N) is 1. The highest BCUT2D eigenvalue weighted by atomic mass is 19.1. The Hall–Kier alpha value is -0.930. The molecular weight excluding hydrogens is 205 g/mol. The first kappa shape index (κ1) is 13.1. The number of rotatable bonds is 4. The molecule has 2 nitrogen and oxygen atoms in total. The molecule has 90 valence electrons. The van der Waals surface area contributed by atoms with Gasteiger partial charge in [0.15, 0.2) is 0 Å². The molecule has 0 spiro atoms. The molecule has 2 unspecified atom stereocenters. The number of benzene rings is 1. The van der Waals surface area contributed by atoms with Crippen LogP contribution in [0.1, 0.15) is 31.1 Å². The topological polar surface area (TPSA) is 46.2 Å². The van der Waals surface area contributed by atoms with E-state index in [4.69, 9.17) is 5.73 Å². The van der Waals surface area contributed by atoms with Gasteiger partial charge in [-0.2, -0.15) is 0 Å². The summed E-state index contributed by atoms with van der Waals surface area (Å²) in [6.45, 7) is 6.19. The maximum atomic E-state index is 13.6. The molecule has 1 rings (SSSR count). The van der Waals surface area contributed by atoms with E-state index in [1.54, 1.807) is 12.1 Å². The Labute approximate surface area is 96.3 Å². The van der Waals surface area contributed by atoms with Crippen LogP contribution in [-0.4, -0.2) is 11.7 Å². The lowest BCUT2D eigenvalue weighted by atomic mass is 9.86. The predicted octanol–water partition coefficient (Wildman–Crippen LogP) is 2.40. The summed E-state index contributed by atoms with van der Waals surface area (Å²) in [7, 11) is 0. The molecule has 0 saturated carbocycles. The van der Waals surface area contributed by atoms with Crippen molar-refractivity contribution in [1.29, 1.82) is 0 Å². The van der Waals surface area contributed by atoms with Crippen LogP contribution in [-0.2, 0) is 0 Å². The highest BCUT2D eigenvalue weighted by Gasteiger charge is 2.25. The van der Waals surface area contributed by atoms with Gasteiger partial charge in [-0.3, -0.25) is 0 Å². The van der Waals surface area contributed by atoms with Crippen molar-refractivity contribution in [1.82, 2.24) is 0 Å². The van der Waals surface area contributed by atoms with Crippen LogP contribution in [0.4, 0.5) is 4.39 Å². The van der Waals surface area contributed by atoms with Gasteiger partial charge in [-0.25, -0.2) is 4.39 Å². The average molecular weight is 225 g/mol. The maximum absolute atomic E-state index is 13.6. The Bertz CT molecular complexity index is 352. The van der Waals surface area contributed by atoms with Crippen molar-refractivity contribution >= 4 is 0 Å². The van der Waals surface area contributed by atoms with Crippen molar-refractivity contribution < 1.29 is 9.50 Å². The van der Waals surface area contributed by atoms with E-state index < -0.39 is 6.10 Å². The Balaban J connectivity index is 3.02. The Kier molecular flexibility index (Phi) is 4.44. The SMILES string of the molecule is Cc1ccc(F)c(C(O)C(CN)C(C)C)c1. The molecule has 1 aromatic rings. The van der Waals surface area contributed by atoms with E-state index in [-0.39, 0.29) is 17.7 Å². The number of aliphatic hydroxyl groups is 1. The zero-order valence-electron chi connectivity index (χ0n) is 10.1. The lowest BCUT2D eigenvalue weighted by Gasteiger charge is -2.25. The third-order valence-electron chi connectivity index (χ3n) is 3.00. The van der Waals surface area contributed by atoms with Gasteiger partial charge < -0.3 is 10.8 Å². The van der Waals surface area contributed by atoms with Crippen LogP contribution in [0.3, 0.4) is 0 Å². The number of hydrogen-bond donors (Lipinski definition) is 2. The van der Waals surface area contributed by atoms with Crippen molar-refractivity contribution in [3.63, 3.8) is 0 Å². The molecular formula is C13H20FNO. The highest BCUT2D eigenvalue weighted by molar-refractivity contribution is 5.26. The van der Waals surface area contributed by atoms with Crippen molar-refractivity contribution in [3.8, 4) is 0 Å². The normalized spacial score (nSPS) is 15.2. The molecule has 0 aliphatic rings. The Morgan fingerprint density at radius 3 is 2.50 bits per heavy atom. The largest absolute Gasteiger partial charge is 0.388 e. The molecule has 0 aliphatic carbocycles. The zero-order chi connectivity index (χ0) is 12.3. The molecule has 0 bridgehead atoms. The van der Waals surface area contributed by atoms with E-state index in [1.165, 1.54) is 6.07 Å². The summed E-state index contributed by atoms with van der Waals surface area (Å²) >= 11 is 0. The van der Waals surface area contributed by atoms with Crippen LogP contribution in [0.25, 0.3) is 0 Å². The first-order valence-corrected chi connectivity index (χ1v) is 5.61. The number of hydrogen-bond acceptors (Lipinski definition) is 2. The summed E-state index contributed by atoms with van der Waals surface area (Å²) in [6.07, 6.45) is -0.829. The first-order valence-electron chi connectivity index (χ1n) is 5.61. The molecule has 0 aromatic heterocycles. The van der Waals surface area contributed by atoms with Crippen LogP contribution in [0.2, 0.25) is 0 Å². The number of aliphatic hydroxyl groups excluding tert-OH is 1. The van der Waals surface area contributed by atoms with Gasteiger partial charge in [0.1, 0.15) is 5.82 Å². The minimum Gasteiger partial charge on any atom is -0.388 e. The van der Waals surface area contributed by atoms with Crippen molar-refractivity contribution in [3.05, 3.63) is 35.1 Å². The standard InChI is InChI=1S/C13H20FNO/c1-8(2)11(7-15)13(16)10-6-9(3)4-5-12(10)14/h4-6,8,11,13,16H,7,15H2,1-3H3. The van der Waals surface area contributed by atoms with Crippen LogP contribution in [0, 0.1) is 24.6 Å². The van der Waals surface area contributed by atoms with E-state index in [9.17, 15) is 9.50 Å². The molecule has 16 heavy (non-hydrogen) atoms. The average Bonchev–Trinajstić information content (AvgIpc) is 2.22. The van der Waals surface area contributed by atoms with Crippen molar-refractivity contribution in [2.24, 2.45) is 17.6 Å². The summed E-state index contributed by atoms with van der Waals surface area (Å²) < 4.78 is 13.6. The van der Waals surface area contributed by atoms with Crippen LogP contribution in [0.5, 0.6) is 0 Å². The summed E-state index contributed by atoms with van der Waals surface area (Å²) in [5.41, 5.74) is 6.91. The van der Waals surface area contributed by atoms with Gasteiger partial charge in [0.25, 0.3) is 0 Å². The zero-order valence-corrected chi connectivity index (χ0v) is 10.1. The summed E-state index contributed by atoms with van der Waals surface area (Å²) in [6, 6.07) is 4.77. The highest BCUT2D eigenvalue weighted by Crippen LogP contribution is 2.29. The quantitative estimate of drug-likeness (QED) is 0.826. The molecule has 0 radical (unpaired) electrons. The van der Waals surface area contributed by atoms with Crippen LogP contribution in [0.15, 0.2) is 18.2 Å².